The third-order valence-corrected chi connectivity index (χ3v) is 5.86. The maximum Gasteiger partial charge on any atom is 0.294 e. The molecule has 0 fully saturated rings. The number of ketones is 1. The standard InChI is InChI=1S/C27H22N2O5/c1-15-11-16(2)13-18(12-15)29-23(19-8-4-5-10-28-19)22(25(31)27(29)32)24(30)21-14-17-7-6-9-20(33-3)26(17)34-21/h4-14,23,31H,1-3H3. The van der Waals surface area contributed by atoms with Crippen LogP contribution in [0.15, 0.2) is 82.6 Å². The summed E-state index contributed by atoms with van der Waals surface area (Å²) in [6, 6.07) is 16.9. The molecule has 3 heterocycles. The largest absolute Gasteiger partial charge is 0.503 e. The van der Waals surface area contributed by atoms with Crippen LogP contribution in [0.25, 0.3) is 11.0 Å². The van der Waals surface area contributed by atoms with Crippen molar-refractivity contribution >= 4 is 28.3 Å². The number of amides is 1. The van der Waals surface area contributed by atoms with Crippen LogP contribution in [0.5, 0.6) is 5.75 Å². The summed E-state index contributed by atoms with van der Waals surface area (Å²) in [7, 11) is 1.52. The second-order valence-electron chi connectivity index (χ2n) is 8.26. The molecule has 7 nitrogen and oxygen atoms in total. The molecule has 1 atom stereocenters. The number of rotatable bonds is 5. The van der Waals surface area contributed by atoms with Crippen LogP contribution in [0.4, 0.5) is 5.69 Å². The summed E-state index contributed by atoms with van der Waals surface area (Å²) >= 11 is 0. The molecule has 1 N–H and O–H groups in total. The van der Waals surface area contributed by atoms with Crippen LogP contribution in [-0.2, 0) is 4.79 Å². The monoisotopic (exact) mass is 454 g/mol. The number of aryl methyl sites for hydroxylation is 2. The molecule has 5 rings (SSSR count). The van der Waals surface area contributed by atoms with Gasteiger partial charge in [0.25, 0.3) is 5.91 Å². The smallest absolute Gasteiger partial charge is 0.294 e. The molecule has 0 saturated heterocycles. The van der Waals surface area contributed by atoms with Gasteiger partial charge in [-0.05, 0) is 61.4 Å². The van der Waals surface area contributed by atoms with E-state index in [-0.39, 0.29) is 11.3 Å². The molecule has 34 heavy (non-hydrogen) atoms. The SMILES string of the molecule is COc1cccc2cc(C(=O)C3=C(O)C(=O)N(c4cc(C)cc(C)c4)C3c3ccccn3)oc12. The average molecular weight is 454 g/mol. The van der Waals surface area contributed by atoms with E-state index in [0.717, 1.165) is 11.1 Å². The number of furan rings is 1. The number of fused-ring (bicyclic) bond motifs is 1. The number of anilines is 1. The highest BCUT2D eigenvalue weighted by Gasteiger charge is 2.46. The summed E-state index contributed by atoms with van der Waals surface area (Å²) in [5.74, 6) is -1.40. The summed E-state index contributed by atoms with van der Waals surface area (Å²) < 4.78 is 11.2. The van der Waals surface area contributed by atoms with Gasteiger partial charge in [-0.15, -0.1) is 0 Å². The molecule has 1 unspecified atom stereocenters. The van der Waals surface area contributed by atoms with E-state index in [1.165, 1.54) is 12.0 Å². The van der Waals surface area contributed by atoms with Crippen molar-refractivity contribution in [1.29, 1.82) is 0 Å². The number of hydrogen-bond donors (Lipinski definition) is 1. The number of aromatic nitrogens is 1. The predicted octanol–water partition coefficient (Wildman–Crippen LogP) is 5.24. The number of ether oxygens (including phenoxy) is 1. The minimum Gasteiger partial charge on any atom is -0.503 e. The Labute approximate surface area is 195 Å². The molecule has 2 aromatic heterocycles. The maximum atomic E-state index is 13.7. The first-order valence-electron chi connectivity index (χ1n) is 10.8. The van der Waals surface area contributed by atoms with E-state index >= 15 is 0 Å². The summed E-state index contributed by atoms with van der Waals surface area (Å²) in [4.78, 5) is 32.8. The third kappa shape index (κ3) is 3.42. The van der Waals surface area contributed by atoms with Crippen molar-refractivity contribution in [3.63, 3.8) is 0 Å². The number of nitrogens with zero attached hydrogens (tertiary/aromatic N) is 2. The van der Waals surface area contributed by atoms with Crippen LogP contribution in [0.2, 0.25) is 0 Å². The lowest BCUT2D eigenvalue weighted by atomic mass is 9.97. The number of hydrogen-bond acceptors (Lipinski definition) is 6. The number of aliphatic hydroxyl groups excluding tert-OH is 1. The minimum atomic E-state index is -0.919. The Morgan fingerprint density at radius 1 is 1.06 bits per heavy atom. The van der Waals surface area contributed by atoms with E-state index < -0.39 is 23.5 Å². The first-order valence-corrected chi connectivity index (χ1v) is 10.8. The Hall–Kier alpha value is -4.39. The molecule has 7 heteroatoms. The average Bonchev–Trinajstić information content (AvgIpc) is 3.38. The number of carbonyl (C=O) groups is 2. The molecular weight excluding hydrogens is 432 g/mol. The molecule has 2 aromatic carbocycles. The summed E-state index contributed by atoms with van der Waals surface area (Å²) in [5.41, 5.74) is 3.26. The Kier molecular flexibility index (Phi) is 5.17. The van der Waals surface area contributed by atoms with Gasteiger partial charge >= 0.3 is 0 Å². The van der Waals surface area contributed by atoms with E-state index in [0.29, 0.717) is 28.1 Å². The van der Waals surface area contributed by atoms with Crippen LogP contribution >= 0.6 is 0 Å². The fourth-order valence-corrected chi connectivity index (χ4v) is 4.45. The molecule has 1 aliphatic rings. The number of aliphatic hydroxyl groups is 1. The van der Waals surface area contributed by atoms with Gasteiger partial charge in [-0.3, -0.25) is 19.5 Å². The zero-order chi connectivity index (χ0) is 24.0. The quantitative estimate of drug-likeness (QED) is 0.415. The van der Waals surface area contributed by atoms with Crippen LogP contribution in [0.3, 0.4) is 0 Å². The highest BCUT2D eigenvalue weighted by Crippen LogP contribution is 2.42. The molecule has 1 amide bonds. The summed E-state index contributed by atoms with van der Waals surface area (Å²) in [5, 5.41) is 11.6. The van der Waals surface area contributed by atoms with Crippen LogP contribution < -0.4 is 9.64 Å². The molecule has 0 radical (unpaired) electrons. The number of carbonyl (C=O) groups excluding carboxylic acids is 2. The van der Waals surface area contributed by atoms with E-state index in [1.54, 1.807) is 48.7 Å². The van der Waals surface area contributed by atoms with Crippen molar-refractivity contribution in [1.82, 2.24) is 4.98 Å². The lowest BCUT2D eigenvalue weighted by Gasteiger charge is -2.26. The number of benzene rings is 2. The van der Waals surface area contributed by atoms with Gasteiger partial charge in [0.1, 0.15) is 6.04 Å². The van der Waals surface area contributed by atoms with Crippen LogP contribution in [0, 0.1) is 13.8 Å². The van der Waals surface area contributed by atoms with Crippen molar-refractivity contribution < 1.29 is 23.8 Å². The molecule has 170 valence electrons. The molecular formula is C27H22N2O5. The van der Waals surface area contributed by atoms with Gasteiger partial charge < -0.3 is 14.3 Å². The van der Waals surface area contributed by atoms with Crippen molar-refractivity contribution in [2.24, 2.45) is 0 Å². The van der Waals surface area contributed by atoms with Gasteiger partial charge in [0.15, 0.2) is 22.9 Å². The number of methoxy groups -OCH3 is 1. The van der Waals surface area contributed by atoms with E-state index in [9.17, 15) is 14.7 Å². The fraction of sp³-hybridized carbons (Fsp3) is 0.148. The lowest BCUT2D eigenvalue weighted by molar-refractivity contribution is -0.117. The second-order valence-corrected chi connectivity index (χ2v) is 8.26. The second kappa shape index (κ2) is 8.19. The minimum absolute atomic E-state index is 0.00273. The van der Waals surface area contributed by atoms with Gasteiger partial charge in [0, 0.05) is 17.3 Å². The van der Waals surface area contributed by atoms with Gasteiger partial charge in [0.05, 0.1) is 18.4 Å². The molecule has 0 spiro atoms. The van der Waals surface area contributed by atoms with Gasteiger partial charge in [0.2, 0.25) is 5.78 Å². The number of Topliss-reactive ketones (excluding diaryl/α,β-unsaturated/α-hetero) is 1. The van der Waals surface area contributed by atoms with E-state index in [1.807, 2.05) is 32.0 Å². The Morgan fingerprint density at radius 2 is 1.82 bits per heavy atom. The molecule has 1 aliphatic heterocycles. The predicted molar refractivity (Wildman–Crippen MR) is 127 cm³/mol. The Bertz CT molecular complexity index is 1450. The summed E-state index contributed by atoms with van der Waals surface area (Å²) in [6.45, 7) is 3.85. The summed E-state index contributed by atoms with van der Waals surface area (Å²) in [6.07, 6.45) is 1.59. The van der Waals surface area contributed by atoms with Gasteiger partial charge in [-0.25, -0.2) is 0 Å². The third-order valence-electron chi connectivity index (χ3n) is 5.86. The zero-order valence-corrected chi connectivity index (χ0v) is 18.9. The van der Waals surface area contributed by atoms with Crippen molar-refractivity contribution in [3.05, 3.63) is 101 Å². The Morgan fingerprint density at radius 3 is 2.50 bits per heavy atom. The first-order chi connectivity index (χ1) is 16.4. The topological polar surface area (TPSA) is 92.9 Å². The fourth-order valence-electron chi connectivity index (χ4n) is 4.45. The molecule has 0 saturated carbocycles. The van der Waals surface area contributed by atoms with Crippen LogP contribution in [0.1, 0.15) is 33.4 Å². The van der Waals surface area contributed by atoms with E-state index in [4.69, 9.17) is 9.15 Å². The number of para-hydroxylation sites is 1. The highest BCUT2D eigenvalue weighted by atomic mass is 16.5. The lowest BCUT2D eigenvalue weighted by Crippen LogP contribution is -2.31. The first kappa shape index (κ1) is 21.5. The van der Waals surface area contributed by atoms with Crippen molar-refractivity contribution in [2.45, 2.75) is 19.9 Å². The molecule has 4 aromatic rings. The van der Waals surface area contributed by atoms with E-state index in [2.05, 4.69) is 4.98 Å². The normalized spacial score (nSPS) is 15.9. The zero-order valence-electron chi connectivity index (χ0n) is 18.9. The van der Waals surface area contributed by atoms with Crippen molar-refractivity contribution in [2.75, 3.05) is 12.0 Å². The van der Waals surface area contributed by atoms with Crippen LogP contribution in [-0.4, -0.2) is 28.9 Å². The van der Waals surface area contributed by atoms with Crippen molar-refractivity contribution in [3.8, 4) is 5.75 Å². The highest BCUT2D eigenvalue weighted by molar-refractivity contribution is 6.20. The van der Waals surface area contributed by atoms with Gasteiger partial charge in [-0.2, -0.15) is 0 Å². The number of pyridine rings is 1. The van der Waals surface area contributed by atoms with Gasteiger partial charge in [-0.1, -0.05) is 24.3 Å². The molecule has 0 aliphatic carbocycles. The Balaban J connectivity index is 1.67. The molecule has 0 bridgehead atoms. The maximum absolute atomic E-state index is 13.7.